The van der Waals surface area contributed by atoms with Crippen molar-refractivity contribution < 1.29 is 9.90 Å². The maximum atomic E-state index is 11.7. The van der Waals surface area contributed by atoms with Crippen LogP contribution in [0.25, 0.3) is 33.5 Å². The Hall–Kier alpha value is -4.46. The number of carboxylic acids is 1. The van der Waals surface area contributed by atoms with E-state index < -0.39 is 5.97 Å². The summed E-state index contributed by atoms with van der Waals surface area (Å²) in [6.45, 7) is 2.14. The smallest absolute Gasteiger partial charge is 0.337 e. The highest BCUT2D eigenvalue weighted by Gasteiger charge is 2.16. The standard InChI is InChI=1S/C27H24N6O2/c1-2-3-10-22-24(29-25-21(27(34)35)9-6-11-23(25)28-22)16-17-12-14-18(15-13-17)19-7-4-5-8-20(19)26-30-32-33-31-26/h4-9,11-15H,2-3,10,16H2,1H3,(H,34,35)(H,30,31,32,33). The number of nitrogens with zero attached hydrogens (tertiary/aromatic N) is 5. The van der Waals surface area contributed by atoms with Crippen molar-refractivity contribution in [1.29, 1.82) is 0 Å². The number of carbonyl (C=O) groups is 1. The van der Waals surface area contributed by atoms with Gasteiger partial charge in [0.05, 0.1) is 22.5 Å². The molecule has 0 amide bonds. The van der Waals surface area contributed by atoms with Gasteiger partial charge >= 0.3 is 5.97 Å². The largest absolute Gasteiger partial charge is 0.478 e. The van der Waals surface area contributed by atoms with Crippen LogP contribution in [-0.4, -0.2) is 41.7 Å². The van der Waals surface area contributed by atoms with Crippen LogP contribution in [0.4, 0.5) is 0 Å². The maximum absolute atomic E-state index is 11.7. The Kier molecular flexibility index (Phi) is 6.26. The van der Waals surface area contributed by atoms with Gasteiger partial charge in [-0.05, 0) is 46.9 Å². The van der Waals surface area contributed by atoms with E-state index in [0.29, 0.717) is 23.3 Å². The third kappa shape index (κ3) is 4.63. The van der Waals surface area contributed by atoms with Gasteiger partial charge in [0.2, 0.25) is 5.82 Å². The van der Waals surface area contributed by atoms with E-state index in [4.69, 9.17) is 9.97 Å². The summed E-state index contributed by atoms with van der Waals surface area (Å²) < 4.78 is 0. The fraction of sp³-hybridized carbons (Fsp3) is 0.185. The summed E-state index contributed by atoms with van der Waals surface area (Å²) in [5.74, 6) is -0.451. The Morgan fingerprint density at radius 2 is 1.71 bits per heavy atom. The average molecular weight is 465 g/mol. The van der Waals surface area contributed by atoms with Crippen molar-refractivity contribution in [2.45, 2.75) is 32.6 Å². The first-order valence-electron chi connectivity index (χ1n) is 11.6. The minimum Gasteiger partial charge on any atom is -0.478 e. The SMILES string of the molecule is CCCCc1nc2cccc(C(=O)O)c2nc1Cc1ccc(-c2ccccc2-c2nn[nH]n2)cc1. The third-order valence-electron chi connectivity index (χ3n) is 6.00. The number of hydrogen-bond donors (Lipinski definition) is 2. The predicted octanol–water partition coefficient (Wildman–Crippen LogP) is 5.11. The molecule has 0 unspecified atom stereocenters. The second kappa shape index (κ2) is 9.80. The fourth-order valence-corrected chi connectivity index (χ4v) is 4.21. The summed E-state index contributed by atoms with van der Waals surface area (Å²) >= 11 is 0. The predicted molar refractivity (Wildman–Crippen MR) is 133 cm³/mol. The highest BCUT2D eigenvalue weighted by atomic mass is 16.4. The normalized spacial score (nSPS) is 11.1. The first-order valence-corrected chi connectivity index (χ1v) is 11.6. The van der Waals surface area contributed by atoms with Crippen LogP contribution in [0.5, 0.6) is 0 Å². The van der Waals surface area contributed by atoms with Gasteiger partial charge < -0.3 is 5.11 Å². The molecule has 8 nitrogen and oxygen atoms in total. The van der Waals surface area contributed by atoms with Crippen LogP contribution in [-0.2, 0) is 12.8 Å². The van der Waals surface area contributed by atoms with Gasteiger partial charge in [-0.2, -0.15) is 5.21 Å². The van der Waals surface area contributed by atoms with Gasteiger partial charge in [0.15, 0.2) is 0 Å². The third-order valence-corrected chi connectivity index (χ3v) is 6.00. The molecule has 0 atom stereocenters. The van der Waals surface area contributed by atoms with Crippen LogP contribution in [0.15, 0.2) is 66.7 Å². The fourth-order valence-electron chi connectivity index (χ4n) is 4.21. The number of aryl methyl sites for hydroxylation is 1. The van der Waals surface area contributed by atoms with Crippen LogP contribution >= 0.6 is 0 Å². The van der Waals surface area contributed by atoms with Crippen molar-refractivity contribution in [3.8, 4) is 22.5 Å². The molecule has 5 aromatic rings. The van der Waals surface area contributed by atoms with Crippen molar-refractivity contribution >= 4 is 17.0 Å². The second-order valence-corrected chi connectivity index (χ2v) is 8.35. The number of rotatable bonds is 8. The zero-order chi connectivity index (χ0) is 24.2. The van der Waals surface area contributed by atoms with E-state index in [9.17, 15) is 9.90 Å². The number of nitrogens with one attached hydrogen (secondary N) is 1. The van der Waals surface area contributed by atoms with Gasteiger partial charge in [0.25, 0.3) is 0 Å². The molecule has 2 heterocycles. The number of aromatic amines is 1. The lowest BCUT2D eigenvalue weighted by atomic mass is 9.97. The van der Waals surface area contributed by atoms with Gasteiger partial charge in [-0.15, -0.1) is 10.2 Å². The Morgan fingerprint density at radius 3 is 2.43 bits per heavy atom. The van der Waals surface area contributed by atoms with E-state index in [1.54, 1.807) is 12.1 Å². The summed E-state index contributed by atoms with van der Waals surface area (Å²) in [5, 5.41) is 24.0. The number of hydrogen-bond acceptors (Lipinski definition) is 6. The van der Waals surface area contributed by atoms with Crippen molar-refractivity contribution in [2.75, 3.05) is 0 Å². The zero-order valence-electron chi connectivity index (χ0n) is 19.3. The van der Waals surface area contributed by atoms with Crippen molar-refractivity contribution in [3.05, 3.63) is 89.2 Å². The summed E-state index contributed by atoms with van der Waals surface area (Å²) in [7, 11) is 0. The van der Waals surface area contributed by atoms with Crippen molar-refractivity contribution in [1.82, 2.24) is 30.6 Å². The molecule has 0 bridgehead atoms. The lowest BCUT2D eigenvalue weighted by Crippen LogP contribution is -2.07. The minimum atomic E-state index is -0.998. The molecular weight excluding hydrogens is 440 g/mol. The first-order chi connectivity index (χ1) is 17.1. The first kappa shape index (κ1) is 22.3. The molecule has 0 fully saturated rings. The summed E-state index contributed by atoms with van der Waals surface area (Å²) in [4.78, 5) is 21.4. The van der Waals surface area contributed by atoms with Crippen LogP contribution in [0.2, 0.25) is 0 Å². The monoisotopic (exact) mass is 464 g/mol. The highest BCUT2D eigenvalue weighted by Crippen LogP contribution is 2.30. The van der Waals surface area contributed by atoms with E-state index in [0.717, 1.165) is 52.9 Å². The van der Waals surface area contributed by atoms with Gasteiger partial charge in [-0.3, -0.25) is 0 Å². The van der Waals surface area contributed by atoms with Crippen molar-refractivity contribution in [2.24, 2.45) is 0 Å². The molecule has 0 aliphatic heterocycles. The number of carboxylic acid groups (broad SMARTS) is 1. The van der Waals surface area contributed by atoms with Gasteiger partial charge in [-0.25, -0.2) is 14.8 Å². The molecule has 0 spiro atoms. The zero-order valence-corrected chi connectivity index (χ0v) is 19.3. The van der Waals surface area contributed by atoms with E-state index in [2.05, 4.69) is 51.8 Å². The molecule has 0 saturated carbocycles. The molecule has 2 N–H and O–H groups in total. The lowest BCUT2D eigenvalue weighted by molar-refractivity contribution is 0.0699. The maximum Gasteiger partial charge on any atom is 0.337 e. The Balaban J connectivity index is 1.50. The summed E-state index contributed by atoms with van der Waals surface area (Å²) in [6, 6.07) is 21.3. The molecule has 0 aliphatic rings. The number of benzene rings is 3. The van der Waals surface area contributed by atoms with Crippen molar-refractivity contribution in [3.63, 3.8) is 0 Å². The Labute approximate surface area is 202 Å². The van der Waals surface area contributed by atoms with Crippen LogP contribution in [0.1, 0.15) is 47.1 Å². The number of H-pyrrole nitrogens is 1. The number of fused-ring (bicyclic) bond motifs is 1. The Bertz CT molecular complexity index is 1480. The van der Waals surface area contributed by atoms with Crippen LogP contribution < -0.4 is 0 Å². The molecule has 174 valence electrons. The number of aromatic nitrogens is 6. The van der Waals surface area contributed by atoms with Gasteiger partial charge in [-0.1, -0.05) is 67.9 Å². The molecular formula is C27H24N6O2. The van der Waals surface area contributed by atoms with Gasteiger partial charge in [0, 0.05) is 12.0 Å². The number of aromatic carboxylic acids is 1. The quantitative estimate of drug-likeness (QED) is 0.328. The Morgan fingerprint density at radius 1 is 0.914 bits per heavy atom. The summed E-state index contributed by atoms with van der Waals surface area (Å²) in [5.41, 5.74) is 7.00. The van der Waals surface area contributed by atoms with E-state index in [1.807, 2.05) is 30.3 Å². The molecule has 5 rings (SSSR count). The molecule has 0 saturated heterocycles. The second-order valence-electron chi connectivity index (χ2n) is 8.35. The molecule has 35 heavy (non-hydrogen) atoms. The average Bonchev–Trinajstić information content (AvgIpc) is 3.42. The van der Waals surface area contributed by atoms with E-state index >= 15 is 0 Å². The lowest BCUT2D eigenvalue weighted by Gasteiger charge is -2.12. The van der Waals surface area contributed by atoms with Crippen LogP contribution in [0.3, 0.4) is 0 Å². The summed E-state index contributed by atoms with van der Waals surface area (Å²) in [6.07, 6.45) is 3.42. The van der Waals surface area contributed by atoms with Gasteiger partial charge in [0.1, 0.15) is 5.52 Å². The van der Waals surface area contributed by atoms with E-state index in [1.165, 1.54) is 0 Å². The number of tetrazole rings is 1. The highest BCUT2D eigenvalue weighted by molar-refractivity contribution is 6.00. The molecule has 0 radical (unpaired) electrons. The molecule has 0 aliphatic carbocycles. The molecule has 3 aromatic carbocycles. The topological polar surface area (TPSA) is 118 Å². The van der Waals surface area contributed by atoms with Crippen LogP contribution in [0, 0.1) is 0 Å². The van der Waals surface area contributed by atoms with E-state index in [-0.39, 0.29) is 5.56 Å². The molecule has 8 heteroatoms. The molecule has 2 aromatic heterocycles. The number of para-hydroxylation sites is 1. The number of unbranched alkanes of at least 4 members (excludes halogenated alkanes) is 1. The minimum absolute atomic E-state index is 0.173.